The van der Waals surface area contributed by atoms with E-state index in [2.05, 4.69) is 10.3 Å². The Hall–Kier alpha value is -2.63. The van der Waals surface area contributed by atoms with Crippen LogP contribution in [0.4, 0.5) is 4.79 Å². The van der Waals surface area contributed by atoms with E-state index in [9.17, 15) is 9.59 Å². The first kappa shape index (κ1) is 19.3. The van der Waals surface area contributed by atoms with E-state index in [1.165, 1.54) is 39.2 Å². The van der Waals surface area contributed by atoms with Crippen LogP contribution in [-0.2, 0) is 20.7 Å². The number of nitrogens with one attached hydrogen (secondary N) is 1. The van der Waals surface area contributed by atoms with Crippen LogP contribution in [-0.4, -0.2) is 36.3 Å². The van der Waals surface area contributed by atoms with Crippen molar-refractivity contribution in [3.8, 4) is 0 Å². The molecule has 1 heterocycles. The molecule has 0 aliphatic heterocycles. The van der Waals surface area contributed by atoms with E-state index in [0.717, 1.165) is 28.4 Å². The minimum atomic E-state index is -0.826. The van der Waals surface area contributed by atoms with Gasteiger partial charge in [-0.1, -0.05) is 24.3 Å². The summed E-state index contributed by atoms with van der Waals surface area (Å²) in [7, 11) is 1.33. The number of pyridine rings is 1. The number of carbonyl (C=O) groups is 2. The summed E-state index contributed by atoms with van der Waals surface area (Å²) in [6.45, 7) is 0. The fourth-order valence-corrected chi connectivity index (χ4v) is 6.13. The highest BCUT2D eigenvalue weighted by Crippen LogP contribution is 2.54. The summed E-state index contributed by atoms with van der Waals surface area (Å²) in [5.74, 6) is 2.10. The third kappa shape index (κ3) is 3.75. The lowest BCUT2D eigenvalue weighted by Gasteiger charge is -2.53. The molecular weight excluding hydrogens is 380 g/mol. The second kappa shape index (κ2) is 7.89. The molecule has 6 rings (SSSR count). The molecule has 1 aromatic heterocycles. The number of carbonyl (C=O) groups excluding carboxylic acids is 2. The average molecular weight is 408 g/mol. The van der Waals surface area contributed by atoms with Crippen LogP contribution < -0.4 is 5.32 Å². The van der Waals surface area contributed by atoms with Crippen molar-refractivity contribution < 1.29 is 19.1 Å². The molecule has 1 aromatic carbocycles. The van der Waals surface area contributed by atoms with E-state index >= 15 is 0 Å². The smallest absolute Gasteiger partial charge is 0.408 e. The van der Waals surface area contributed by atoms with Crippen LogP contribution in [0.25, 0.3) is 10.9 Å². The number of methoxy groups -OCH3 is 1. The van der Waals surface area contributed by atoms with Crippen molar-refractivity contribution in [1.82, 2.24) is 10.3 Å². The van der Waals surface area contributed by atoms with Gasteiger partial charge in [0.05, 0.1) is 12.6 Å². The van der Waals surface area contributed by atoms with Gasteiger partial charge in [0, 0.05) is 17.5 Å². The van der Waals surface area contributed by atoms with Gasteiger partial charge in [-0.25, -0.2) is 9.59 Å². The molecule has 4 aliphatic rings. The number of alkyl carbamates (subject to hydrolysis) is 1. The maximum atomic E-state index is 12.7. The highest BCUT2D eigenvalue weighted by Gasteiger charge is 2.50. The number of aromatic nitrogens is 1. The topological polar surface area (TPSA) is 77.5 Å². The Bertz CT molecular complexity index is 931. The fraction of sp³-hybridized carbons (Fsp3) is 0.542. The van der Waals surface area contributed by atoms with E-state index in [-0.39, 0.29) is 12.5 Å². The maximum absolute atomic E-state index is 12.7. The van der Waals surface area contributed by atoms with Gasteiger partial charge in [0.1, 0.15) is 12.1 Å². The van der Waals surface area contributed by atoms with Crippen molar-refractivity contribution in [2.45, 2.75) is 50.7 Å². The molecule has 1 atom stereocenters. The number of hydrogen-bond donors (Lipinski definition) is 1. The number of hydrogen-bond acceptors (Lipinski definition) is 5. The zero-order valence-corrected chi connectivity index (χ0v) is 17.3. The van der Waals surface area contributed by atoms with E-state index in [0.29, 0.717) is 11.8 Å². The lowest BCUT2D eigenvalue weighted by atomic mass is 9.55. The SMILES string of the molecule is COC(=O)[C@H](Cc1ccc2ccccc2n1)NC(=O)OC1C2CC3CC(C2)CC1C3. The second-order valence-electron chi connectivity index (χ2n) is 9.22. The normalized spacial score (nSPS) is 30.1. The predicted molar refractivity (Wildman–Crippen MR) is 112 cm³/mol. The minimum absolute atomic E-state index is 0.0186. The summed E-state index contributed by atoms with van der Waals surface area (Å²) in [5.41, 5.74) is 1.58. The molecule has 4 fully saturated rings. The molecule has 2 aromatic rings. The molecule has 30 heavy (non-hydrogen) atoms. The van der Waals surface area contributed by atoms with Gasteiger partial charge in [-0.05, 0) is 67.9 Å². The summed E-state index contributed by atoms with van der Waals surface area (Å²) >= 11 is 0. The predicted octanol–water partition coefficient (Wildman–Crippen LogP) is 3.87. The molecule has 6 heteroatoms. The summed E-state index contributed by atoms with van der Waals surface area (Å²) in [5, 5.41) is 3.78. The molecule has 0 saturated heterocycles. The number of ether oxygens (including phenoxy) is 2. The van der Waals surface area contributed by atoms with Crippen molar-refractivity contribution in [2.24, 2.45) is 23.7 Å². The molecule has 4 bridgehead atoms. The van der Waals surface area contributed by atoms with Gasteiger partial charge >= 0.3 is 12.1 Å². The van der Waals surface area contributed by atoms with Crippen LogP contribution in [0, 0.1) is 23.7 Å². The summed E-state index contributed by atoms with van der Waals surface area (Å²) in [6, 6.07) is 10.8. The number of nitrogens with zero attached hydrogens (tertiary/aromatic N) is 1. The fourth-order valence-electron chi connectivity index (χ4n) is 6.13. The van der Waals surface area contributed by atoms with Gasteiger partial charge in [-0.15, -0.1) is 0 Å². The van der Waals surface area contributed by atoms with Crippen molar-refractivity contribution in [1.29, 1.82) is 0 Å². The minimum Gasteiger partial charge on any atom is -0.467 e. The van der Waals surface area contributed by atoms with Gasteiger partial charge in [0.25, 0.3) is 0 Å². The standard InChI is InChI=1S/C24H28N2O4/c1-29-23(27)21(13-19-7-6-16-4-2-3-5-20(16)25-19)26-24(28)30-22-17-9-14-8-15(11-17)12-18(22)10-14/h2-7,14-15,17-18,21-22H,8-13H2,1H3,(H,26,28)/t14?,15?,17?,18?,21-,22?/m0/s1. The van der Waals surface area contributed by atoms with Crippen LogP contribution >= 0.6 is 0 Å². The van der Waals surface area contributed by atoms with Crippen LogP contribution in [0.1, 0.15) is 37.8 Å². The van der Waals surface area contributed by atoms with Crippen molar-refractivity contribution in [3.63, 3.8) is 0 Å². The van der Waals surface area contributed by atoms with E-state index < -0.39 is 18.1 Å². The number of fused-ring (bicyclic) bond motifs is 1. The Kier molecular flexibility index (Phi) is 5.09. The van der Waals surface area contributed by atoms with E-state index in [1.54, 1.807) is 0 Å². The average Bonchev–Trinajstić information content (AvgIpc) is 2.74. The van der Waals surface area contributed by atoms with Crippen molar-refractivity contribution >= 4 is 23.0 Å². The quantitative estimate of drug-likeness (QED) is 0.760. The van der Waals surface area contributed by atoms with Gasteiger partial charge in [0.15, 0.2) is 0 Å². The summed E-state index contributed by atoms with van der Waals surface area (Å²) in [4.78, 5) is 29.7. The van der Waals surface area contributed by atoms with Crippen LogP contribution in [0.5, 0.6) is 0 Å². The van der Waals surface area contributed by atoms with Crippen LogP contribution in [0.3, 0.4) is 0 Å². The first-order valence-corrected chi connectivity index (χ1v) is 11.0. The molecular formula is C24H28N2O4. The molecule has 1 N–H and O–H groups in total. The largest absolute Gasteiger partial charge is 0.467 e. The van der Waals surface area contributed by atoms with Gasteiger partial charge in [-0.3, -0.25) is 4.98 Å². The number of rotatable bonds is 5. The van der Waals surface area contributed by atoms with Crippen LogP contribution in [0.2, 0.25) is 0 Å². The Morgan fingerprint density at radius 2 is 1.73 bits per heavy atom. The first-order chi connectivity index (χ1) is 14.6. The van der Waals surface area contributed by atoms with Gasteiger partial charge in [-0.2, -0.15) is 0 Å². The zero-order valence-electron chi connectivity index (χ0n) is 17.3. The molecule has 0 spiro atoms. The third-order valence-corrected chi connectivity index (χ3v) is 7.23. The number of esters is 1. The Balaban J connectivity index is 1.26. The molecule has 6 nitrogen and oxygen atoms in total. The molecule has 4 saturated carbocycles. The van der Waals surface area contributed by atoms with Gasteiger partial charge in [0.2, 0.25) is 0 Å². The number of para-hydroxylation sites is 1. The summed E-state index contributed by atoms with van der Waals surface area (Å²) in [6.07, 6.45) is 5.76. The van der Waals surface area contributed by atoms with Crippen molar-refractivity contribution in [3.05, 3.63) is 42.1 Å². The lowest BCUT2D eigenvalue weighted by molar-refractivity contribution is -0.143. The zero-order chi connectivity index (χ0) is 20.7. The second-order valence-corrected chi connectivity index (χ2v) is 9.22. The highest BCUT2D eigenvalue weighted by molar-refractivity contribution is 5.82. The number of amides is 1. The Morgan fingerprint density at radius 1 is 1.03 bits per heavy atom. The van der Waals surface area contributed by atoms with Crippen molar-refractivity contribution in [2.75, 3.05) is 7.11 Å². The monoisotopic (exact) mass is 408 g/mol. The summed E-state index contributed by atoms with van der Waals surface area (Å²) < 4.78 is 10.8. The maximum Gasteiger partial charge on any atom is 0.408 e. The molecule has 158 valence electrons. The Labute approximate surface area is 176 Å². The molecule has 1 amide bonds. The lowest BCUT2D eigenvalue weighted by Crippen LogP contribution is -2.52. The number of benzene rings is 1. The van der Waals surface area contributed by atoms with Gasteiger partial charge < -0.3 is 14.8 Å². The molecule has 4 aliphatic carbocycles. The molecule has 0 radical (unpaired) electrons. The first-order valence-electron chi connectivity index (χ1n) is 11.0. The third-order valence-electron chi connectivity index (χ3n) is 7.23. The molecule has 0 unspecified atom stereocenters. The Morgan fingerprint density at radius 3 is 2.43 bits per heavy atom. The van der Waals surface area contributed by atoms with Crippen LogP contribution in [0.15, 0.2) is 36.4 Å². The van der Waals surface area contributed by atoms with E-state index in [1.807, 2.05) is 36.4 Å². The highest BCUT2D eigenvalue weighted by atomic mass is 16.6. The van der Waals surface area contributed by atoms with E-state index in [4.69, 9.17) is 9.47 Å².